The summed E-state index contributed by atoms with van der Waals surface area (Å²) in [6.07, 6.45) is 4.22. The zero-order valence-electron chi connectivity index (χ0n) is 10.9. The quantitative estimate of drug-likeness (QED) is 0.498. The number of nitro groups is 1. The number of amides is 1. The van der Waals surface area contributed by atoms with Crippen molar-refractivity contribution in [3.63, 3.8) is 0 Å². The lowest BCUT2D eigenvalue weighted by Crippen LogP contribution is -2.17. The van der Waals surface area contributed by atoms with Gasteiger partial charge in [-0.3, -0.25) is 19.9 Å². The molecule has 0 unspecified atom stereocenters. The van der Waals surface area contributed by atoms with Crippen molar-refractivity contribution in [1.29, 1.82) is 0 Å². The maximum absolute atomic E-state index is 11.8. The minimum atomic E-state index is -0.592. The number of carbonyl (C=O) groups excluding carboxylic acids is 1. The van der Waals surface area contributed by atoms with E-state index in [9.17, 15) is 14.9 Å². The summed E-state index contributed by atoms with van der Waals surface area (Å²) in [6, 6.07) is 5.79. The number of aromatic nitrogens is 1. The SMILES string of the molecule is O=C(NN=Cc1ccc(Cl)c([N+](=O)[O-])c1)c1cncc(Br)c1. The molecule has 0 aliphatic carbocycles. The van der Waals surface area contributed by atoms with E-state index in [4.69, 9.17) is 11.6 Å². The Bertz CT molecular complexity index is 767. The zero-order chi connectivity index (χ0) is 16.1. The highest BCUT2D eigenvalue weighted by Crippen LogP contribution is 2.24. The molecule has 1 aromatic heterocycles. The summed E-state index contributed by atoms with van der Waals surface area (Å²) in [5.74, 6) is -0.450. The molecule has 2 rings (SSSR count). The van der Waals surface area contributed by atoms with Crippen LogP contribution >= 0.6 is 27.5 Å². The van der Waals surface area contributed by atoms with Gasteiger partial charge in [0.05, 0.1) is 16.7 Å². The van der Waals surface area contributed by atoms with Gasteiger partial charge < -0.3 is 0 Å². The Labute approximate surface area is 138 Å². The van der Waals surface area contributed by atoms with Gasteiger partial charge in [-0.2, -0.15) is 5.10 Å². The molecule has 0 radical (unpaired) electrons. The summed E-state index contributed by atoms with van der Waals surface area (Å²) in [4.78, 5) is 25.8. The lowest BCUT2D eigenvalue weighted by Gasteiger charge is -2.00. The molecule has 0 saturated heterocycles. The molecule has 1 N–H and O–H groups in total. The Morgan fingerprint density at radius 2 is 2.18 bits per heavy atom. The number of hydrogen-bond acceptors (Lipinski definition) is 5. The normalized spacial score (nSPS) is 10.6. The van der Waals surface area contributed by atoms with Crippen molar-refractivity contribution in [2.45, 2.75) is 0 Å². The highest BCUT2D eigenvalue weighted by Gasteiger charge is 2.12. The van der Waals surface area contributed by atoms with Crippen LogP contribution in [0, 0.1) is 10.1 Å². The number of hydrogen-bond donors (Lipinski definition) is 1. The molecule has 112 valence electrons. The first-order valence-corrected chi connectivity index (χ1v) is 7.02. The van der Waals surface area contributed by atoms with E-state index in [1.807, 2.05) is 0 Å². The lowest BCUT2D eigenvalue weighted by atomic mass is 10.2. The Hall–Kier alpha value is -2.32. The van der Waals surface area contributed by atoms with Crippen molar-refractivity contribution in [2.24, 2.45) is 5.10 Å². The van der Waals surface area contributed by atoms with Gasteiger partial charge in [-0.15, -0.1) is 0 Å². The average Bonchev–Trinajstić information content (AvgIpc) is 2.48. The van der Waals surface area contributed by atoms with Crippen LogP contribution in [-0.2, 0) is 0 Å². The van der Waals surface area contributed by atoms with E-state index in [0.29, 0.717) is 15.6 Å². The van der Waals surface area contributed by atoms with Gasteiger partial charge in [-0.05, 0) is 28.1 Å². The highest BCUT2D eigenvalue weighted by molar-refractivity contribution is 9.10. The largest absolute Gasteiger partial charge is 0.288 e. The predicted octanol–water partition coefficient (Wildman–Crippen LogP) is 3.17. The predicted molar refractivity (Wildman–Crippen MR) is 85.1 cm³/mol. The van der Waals surface area contributed by atoms with Crippen LogP contribution in [0.2, 0.25) is 5.02 Å². The summed E-state index contributed by atoms with van der Waals surface area (Å²) in [7, 11) is 0. The number of nitrogens with one attached hydrogen (secondary N) is 1. The smallest absolute Gasteiger partial charge is 0.267 e. The minimum absolute atomic E-state index is 0.0337. The van der Waals surface area contributed by atoms with Crippen molar-refractivity contribution in [3.05, 3.63) is 67.4 Å². The first-order chi connectivity index (χ1) is 10.5. The van der Waals surface area contributed by atoms with Gasteiger partial charge in [-0.25, -0.2) is 5.43 Å². The molecular formula is C13H8BrClN4O3. The molecule has 1 heterocycles. The third-order valence-electron chi connectivity index (χ3n) is 2.51. The van der Waals surface area contributed by atoms with Gasteiger partial charge in [0, 0.05) is 28.5 Å². The minimum Gasteiger partial charge on any atom is -0.267 e. The van der Waals surface area contributed by atoms with E-state index in [2.05, 4.69) is 31.4 Å². The number of halogens is 2. The molecule has 0 saturated carbocycles. The fraction of sp³-hybridized carbons (Fsp3) is 0. The second kappa shape index (κ2) is 7.10. The Kier molecular flexibility index (Phi) is 5.18. The van der Waals surface area contributed by atoms with Crippen molar-refractivity contribution in [1.82, 2.24) is 10.4 Å². The number of rotatable bonds is 4. The zero-order valence-corrected chi connectivity index (χ0v) is 13.2. The van der Waals surface area contributed by atoms with Gasteiger partial charge in [0.15, 0.2) is 0 Å². The molecule has 1 aromatic carbocycles. The fourth-order valence-corrected chi connectivity index (χ4v) is 2.07. The third kappa shape index (κ3) is 4.09. The maximum Gasteiger partial charge on any atom is 0.288 e. The molecule has 22 heavy (non-hydrogen) atoms. The summed E-state index contributed by atoms with van der Waals surface area (Å²) >= 11 is 8.91. The number of nitro benzene ring substituents is 1. The van der Waals surface area contributed by atoms with Crippen molar-refractivity contribution < 1.29 is 9.72 Å². The second-order valence-corrected chi connectivity index (χ2v) is 5.38. The van der Waals surface area contributed by atoms with Crippen LogP contribution in [0.3, 0.4) is 0 Å². The monoisotopic (exact) mass is 382 g/mol. The van der Waals surface area contributed by atoms with Crippen LogP contribution in [0.1, 0.15) is 15.9 Å². The molecule has 0 aliphatic heterocycles. The highest BCUT2D eigenvalue weighted by atomic mass is 79.9. The van der Waals surface area contributed by atoms with Crippen LogP contribution in [0.15, 0.2) is 46.2 Å². The van der Waals surface area contributed by atoms with E-state index in [-0.39, 0.29) is 10.7 Å². The fourth-order valence-electron chi connectivity index (χ4n) is 1.52. The van der Waals surface area contributed by atoms with Gasteiger partial charge >= 0.3 is 0 Å². The molecule has 1 amide bonds. The van der Waals surface area contributed by atoms with Gasteiger partial charge in [0.1, 0.15) is 5.02 Å². The molecule has 0 aliphatic rings. The maximum atomic E-state index is 11.8. The van der Waals surface area contributed by atoms with Crippen LogP contribution in [0.4, 0.5) is 5.69 Å². The average molecular weight is 384 g/mol. The number of nitrogens with zero attached hydrogens (tertiary/aromatic N) is 3. The molecule has 2 aromatic rings. The molecular weight excluding hydrogens is 376 g/mol. The first-order valence-electron chi connectivity index (χ1n) is 5.85. The summed E-state index contributed by atoms with van der Waals surface area (Å²) < 4.78 is 0.664. The second-order valence-electron chi connectivity index (χ2n) is 4.06. The van der Waals surface area contributed by atoms with Crippen molar-refractivity contribution in [2.75, 3.05) is 0 Å². The first kappa shape index (κ1) is 16.1. The Morgan fingerprint density at radius 1 is 1.41 bits per heavy atom. The number of pyridine rings is 1. The summed E-state index contributed by atoms with van der Waals surface area (Å²) in [6.45, 7) is 0. The van der Waals surface area contributed by atoms with Crippen molar-refractivity contribution >= 4 is 45.3 Å². The number of carbonyl (C=O) groups is 1. The standard InChI is InChI=1S/C13H8BrClN4O3/c14-10-4-9(6-16-7-10)13(20)18-17-5-8-1-2-11(15)12(3-8)19(21)22/h1-7H,(H,18,20). The topological polar surface area (TPSA) is 97.5 Å². The number of hydrazone groups is 1. The van der Waals surface area contributed by atoms with Gasteiger partial charge in [0.2, 0.25) is 0 Å². The Morgan fingerprint density at radius 3 is 2.86 bits per heavy atom. The summed E-state index contributed by atoms with van der Waals surface area (Å²) in [5, 5.41) is 14.5. The van der Waals surface area contributed by atoms with E-state index >= 15 is 0 Å². The molecule has 0 bridgehead atoms. The lowest BCUT2D eigenvalue weighted by molar-refractivity contribution is -0.384. The van der Waals surface area contributed by atoms with Crippen LogP contribution in [0.5, 0.6) is 0 Å². The van der Waals surface area contributed by atoms with Crippen molar-refractivity contribution in [3.8, 4) is 0 Å². The molecule has 0 spiro atoms. The van der Waals surface area contributed by atoms with E-state index in [1.54, 1.807) is 18.3 Å². The number of benzene rings is 1. The van der Waals surface area contributed by atoms with Crippen LogP contribution < -0.4 is 5.43 Å². The van der Waals surface area contributed by atoms with Crippen LogP contribution in [0.25, 0.3) is 0 Å². The Balaban J connectivity index is 2.08. The molecule has 9 heteroatoms. The van der Waals surface area contributed by atoms with Crippen LogP contribution in [-0.4, -0.2) is 22.0 Å². The molecule has 7 nitrogen and oxygen atoms in total. The van der Waals surface area contributed by atoms with E-state index in [0.717, 1.165) is 0 Å². The third-order valence-corrected chi connectivity index (χ3v) is 3.27. The van der Waals surface area contributed by atoms with E-state index in [1.165, 1.54) is 24.5 Å². The molecule has 0 atom stereocenters. The molecule has 0 fully saturated rings. The summed E-state index contributed by atoms with van der Waals surface area (Å²) in [5.41, 5.74) is 2.84. The van der Waals surface area contributed by atoms with E-state index < -0.39 is 10.8 Å². The van der Waals surface area contributed by atoms with Gasteiger partial charge in [0.25, 0.3) is 11.6 Å². The van der Waals surface area contributed by atoms with Gasteiger partial charge in [-0.1, -0.05) is 17.7 Å².